The molecule has 5 rings (SSSR count). The van der Waals surface area contributed by atoms with E-state index in [1.807, 2.05) is 42.1 Å². The number of carboxylic acid groups (broad SMARTS) is 1. The Morgan fingerprint density at radius 3 is 2.93 bits per heavy atom. The Bertz CT molecular complexity index is 1120. The molecule has 9 heteroatoms. The summed E-state index contributed by atoms with van der Waals surface area (Å²) in [5, 5.41) is 8.88. The molecule has 2 aliphatic heterocycles. The van der Waals surface area contributed by atoms with Gasteiger partial charge in [-0.3, -0.25) is 0 Å². The number of fused-ring (bicyclic) bond motifs is 2. The molecule has 6 nitrogen and oxygen atoms in total. The van der Waals surface area contributed by atoms with Gasteiger partial charge in [0.25, 0.3) is 0 Å². The van der Waals surface area contributed by atoms with Crippen LogP contribution in [0.3, 0.4) is 0 Å². The van der Waals surface area contributed by atoms with Crippen molar-refractivity contribution in [3.63, 3.8) is 0 Å². The molecule has 0 radical (unpaired) electrons. The molecule has 1 N–H and O–H groups in total. The highest BCUT2D eigenvalue weighted by atomic mass is 35.5. The molecule has 0 saturated carbocycles. The van der Waals surface area contributed by atoms with E-state index in [0.29, 0.717) is 15.9 Å². The first-order chi connectivity index (χ1) is 14.1. The van der Waals surface area contributed by atoms with E-state index in [-0.39, 0.29) is 6.61 Å². The topological polar surface area (TPSA) is 75.6 Å². The van der Waals surface area contributed by atoms with Gasteiger partial charge in [-0.15, -0.1) is 11.3 Å². The van der Waals surface area contributed by atoms with Crippen molar-refractivity contribution in [2.75, 3.05) is 18.1 Å². The molecule has 0 atom stereocenters. The fourth-order valence-electron chi connectivity index (χ4n) is 3.62. The molecular formula is C20H16ClN3O3S2. The largest absolute Gasteiger partial charge is 0.482 e. The summed E-state index contributed by atoms with van der Waals surface area (Å²) < 4.78 is 6.10. The molecule has 0 saturated heterocycles. The zero-order valence-electron chi connectivity index (χ0n) is 15.2. The molecule has 2 aliphatic rings. The number of rotatable bonds is 5. The Hall–Kier alpha value is -2.29. The highest BCUT2D eigenvalue weighted by Crippen LogP contribution is 2.43. The summed E-state index contributed by atoms with van der Waals surface area (Å²) in [7, 11) is 0. The number of halogens is 1. The molecule has 3 aromatic rings. The monoisotopic (exact) mass is 445 g/mol. The smallest absolute Gasteiger partial charge is 0.341 e. The molecule has 2 aromatic heterocycles. The second-order valence-electron chi connectivity index (χ2n) is 6.77. The number of hydrogen-bond donors (Lipinski definition) is 1. The van der Waals surface area contributed by atoms with E-state index in [1.165, 1.54) is 22.5 Å². The third-order valence-electron chi connectivity index (χ3n) is 4.92. The van der Waals surface area contributed by atoms with Gasteiger partial charge in [-0.1, -0.05) is 17.7 Å². The summed E-state index contributed by atoms with van der Waals surface area (Å²) in [5.41, 5.74) is 4.46. The molecule has 29 heavy (non-hydrogen) atoms. The number of anilines is 2. The van der Waals surface area contributed by atoms with Crippen LogP contribution in [0.15, 0.2) is 30.3 Å². The van der Waals surface area contributed by atoms with Gasteiger partial charge in [0.05, 0.1) is 14.9 Å². The number of aromatic nitrogens is 2. The molecule has 0 unspecified atom stereocenters. The first kappa shape index (κ1) is 18.7. The van der Waals surface area contributed by atoms with Gasteiger partial charge < -0.3 is 14.7 Å². The lowest BCUT2D eigenvalue weighted by molar-refractivity contribution is -0.139. The number of carbonyl (C=O) groups is 1. The van der Waals surface area contributed by atoms with Gasteiger partial charge >= 0.3 is 5.97 Å². The third kappa shape index (κ3) is 3.56. The second-order valence-corrected chi connectivity index (χ2v) is 9.47. The number of nitrogens with zero attached hydrogens (tertiary/aromatic N) is 3. The number of ether oxygens (including phenoxy) is 1. The van der Waals surface area contributed by atoms with Crippen LogP contribution in [0.5, 0.6) is 5.75 Å². The minimum Gasteiger partial charge on any atom is -0.482 e. The first-order valence-corrected chi connectivity index (χ1v) is 11.4. The number of aliphatic carboxylic acids is 1. The molecule has 0 bridgehead atoms. The van der Waals surface area contributed by atoms with Crippen molar-refractivity contribution in [2.24, 2.45) is 0 Å². The SMILES string of the molecule is O=C(O)COc1ccc2c(c1)N(c1nc(-c3ccc(Cl)s3)nc3c1CSC3)CC2. The molecule has 0 spiro atoms. The minimum absolute atomic E-state index is 0.360. The van der Waals surface area contributed by atoms with E-state index in [0.717, 1.165) is 46.5 Å². The lowest BCUT2D eigenvalue weighted by atomic mass is 10.1. The van der Waals surface area contributed by atoms with Crippen LogP contribution in [0, 0.1) is 0 Å². The Morgan fingerprint density at radius 1 is 1.24 bits per heavy atom. The number of hydrogen-bond acceptors (Lipinski definition) is 7. The predicted molar refractivity (Wildman–Crippen MR) is 116 cm³/mol. The molecule has 0 fully saturated rings. The van der Waals surface area contributed by atoms with Crippen molar-refractivity contribution in [2.45, 2.75) is 17.9 Å². The van der Waals surface area contributed by atoms with Gasteiger partial charge in [0, 0.05) is 35.4 Å². The standard InChI is InChI=1S/C20H16ClN3O3S2/c21-17-4-3-16(29-17)19-22-14-10-28-9-13(14)20(23-19)24-6-5-11-1-2-12(7-15(11)24)27-8-18(25)26/h1-4,7H,5-6,8-10H2,(H,25,26). The third-order valence-corrected chi connectivity index (χ3v) is 7.12. The van der Waals surface area contributed by atoms with Crippen molar-refractivity contribution in [1.29, 1.82) is 0 Å². The summed E-state index contributed by atoms with van der Waals surface area (Å²) in [6, 6.07) is 9.55. The highest BCUT2D eigenvalue weighted by Gasteiger charge is 2.29. The zero-order chi connectivity index (χ0) is 20.0. The minimum atomic E-state index is -0.993. The van der Waals surface area contributed by atoms with Gasteiger partial charge in [0.2, 0.25) is 0 Å². The molecule has 0 aliphatic carbocycles. The van der Waals surface area contributed by atoms with E-state index in [4.69, 9.17) is 31.4 Å². The summed E-state index contributed by atoms with van der Waals surface area (Å²) in [6.45, 7) is 0.456. The number of benzene rings is 1. The van der Waals surface area contributed by atoms with E-state index in [9.17, 15) is 4.79 Å². The van der Waals surface area contributed by atoms with Gasteiger partial charge in [0.1, 0.15) is 11.6 Å². The summed E-state index contributed by atoms with van der Waals surface area (Å²) >= 11 is 9.44. The Kier molecular flexibility index (Phi) is 4.85. The summed E-state index contributed by atoms with van der Waals surface area (Å²) in [5.74, 6) is 2.94. The number of thiophene rings is 1. The quantitative estimate of drug-likeness (QED) is 0.606. The Labute approximate surface area is 180 Å². The van der Waals surface area contributed by atoms with E-state index in [2.05, 4.69) is 4.90 Å². The van der Waals surface area contributed by atoms with Crippen LogP contribution < -0.4 is 9.64 Å². The summed E-state index contributed by atoms with van der Waals surface area (Å²) in [4.78, 5) is 23.7. The van der Waals surface area contributed by atoms with E-state index >= 15 is 0 Å². The zero-order valence-corrected chi connectivity index (χ0v) is 17.6. The van der Waals surface area contributed by atoms with Crippen LogP contribution in [0.1, 0.15) is 16.8 Å². The van der Waals surface area contributed by atoms with Crippen LogP contribution in [0.25, 0.3) is 10.7 Å². The van der Waals surface area contributed by atoms with Crippen LogP contribution in [0.4, 0.5) is 11.5 Å². The fourth-order valence-corrected chi connectivity index (χ4v) is 5.63. The molecule has 1 aromatic carbocycles. The van der Waals surface area contributed by atoms with Crippen molar-refractivity contribution >= 4 is 52.2 Å². The van der Waals surface area contributed by atoms with E-state index in [1.54, 1.807) is 0 Å². The van der Waals surface area contributed by atoms with Crippen LogP contribution >= 0.6 is 34.7 Å². The van der Waals surface area contributed by atoms with Crippen molar-refractivity contribution in [3.05, 3.63) is 51.5 Å². The maximum absolute atomic E-state index is 10.8. The number of carboxylic acids is 1. The average molecular weight is 446 g/mol. The summed E-state index contributed by atoms with van der Waals surface area (Å²) in [6.07, 6.45) is 0.903. The van der Waals surface area contributed by atoms with E-state index < -0.39 is 5.97 Å². The van der Waals surface area contributed by atoms with Crippen LogP contribution in [-0.2, 0) is 22.7 Å². The van der Waals surface area contributed by atoms with Gasteiger partial charge in [0.15, 0.2) is 12.4 Å². The number of thioether (sulfide) groups is 1. The van der Waals surface area contributed by atoms with Crippen LogP contribution in [0.2, 0.25) is 4.34 Å². The normalized spacial score (nSPS) is 14.7. The molecule has 4 heterocycles. The fraction of sp³-hybridized carbons (Fsp3) is 0.250. The molecule has 148 valence electrons. The van der Waals surface area contributed by atoms with Crippen LogP contribution in [-0.4, -0.2) is 34.2 Å². The van der Waals surface area contributed by atoms with Gasteiger partial charge in [-0.25, -0.2) is 14.8 Å². The maximum atomic E-state index is 10.8. The Balaban J connectivity index is 1.56. The van der Waals surface area contributed by atoms with Gasteiger partial charge in [-0.2, -0.15) is 11.8 Å². The lowest BCUT2D eigenvalue weighted by Crippen LogP contribution is -2.18. The predicted octanol–water partition coefficient (Wildman–Crippen LogP) is 4.76. The van der Waals surface area contributed by atoms with Crippen molar-refractivity contribution in [1.82, 2.24) is 9.97 Å². The second kappa shape index (κ2) is 7.51. The van der Waals surface area contributed by atoms with Gasteiger partial charge in [-0.05, 0) is 30.2 Å². The van der Waals surface area contributed by atoms with Crippen molar-refractivity contribution in [3.8, 4) is 16.5 Å². The Morgan fingerprint density at radius 2 is 2.14 bits per heavy atom. The highest BCUT2D eigenvalue weighted by molar-refractivity contribution is 7.98. The molecular weight excluding hydrogens is 430 g/mol. The first-order valence-electron chi connectivity index (χ1n) is 9.07. The maximum Gasteiger partial charge on any atom is 0.341 e. The lowest BCUT2D eigenvalue weighted by Gasteiger charge is -2.22. The molecule has 0 amide bonds. The van der Waals surface area contributed by atoms with Crippen molar-refractivity contribution < 1.29 is 14.6 Å². The average Bonchev–Trinajstić information content (AvgIpc) is 3.44.